The zero-order chi connectivity index (χ0) is 23.5. The number of anilines is 1. The number of rotatable bonds is 7. The maximum absolute atomic E-state index is 12.9. The van der Waals surface area contributed by atoms with Crippen molar-refractivity contribution in [2.24, 2.45) is 7.05 Å². The van der Waals surface area contributed by atoms with Crippen molar-refractivity contribution >= 4 is 17.6 Å². The summed E-state index contributed by atoms with van der Waals surface area (Å²) >= 11 is 0. The molecule has 4 heterocycles. The Labute approximate surface area is 196 Å². The standard InChI is InChI=1S/C24H25N5O5/c1-28-9-5-21(27-28)26-23(30)17-11-19(33-18-6-10-32-15-18)13-20(12-17)34-22-4-3-16(14-25-22)24(31)29-7-2-8-29/h3-5,9,11-14,18H,2,6-8,10,15H2,1H3,(H,26,27,30)/t18-/m0/s1. The molecule has 2 fully saturated rings. The first kappa shape index (κ1) is 21.9. The van der Waals surface area contributed by atoms with Crippen molar-refractivity contribution in [1.29, 1.82) is 0 Å². The Bertz CT molecular complexity index is 1180. The fourth-order valence-electron chi connectivity index (χ4n) is 3.69. The van der Waals surface area contributed by atoms with E-state index in [1.54, 1.807) is 59.2 Å². The Morgan fingerprint density at radius 2 is 1.97 bits per heavy atom. The number of nitrogens with zero attached hydrogens (tertiary/aromatic N) is 4. The normalized spacial score (nSPS) is 17.2. The zero-order valence-corrected chi connectivity index (χ0v) is 18.8. The third-order valence-corrected chi connectivity index (χ3v) is 5.64. The van der Waals surface area contributed by atoms with Crippen LogP contribution in [0.15, 0.2) is 48.8 Å². The van der Waals surface area contributed by atoms with Crippen LogP contribution >= 0.6 is 0 Å². The van der Waals surface area contributed by atoms with Crippen LogP contribution < -0.4 is 14.8 Å². The lowest BCUT2D eigenvalue weighted by atomic mass is 10.1. The SMILES string of the molecule is Cn1ccc(NC(=O)c2cc(Oc3ccc(C(=O)N4CCC4)cn3)cc(O[C@H]3CCOC3)c2)n1. The highest BCUT2D eigenvalue weighted by Gasteiger charge is 2.22. The van der Waals surface area contributed by atoms with Crippen LogP contribution in [-0.2, 0) is 11.8 Å². The van der Waals surface area contributed by atoms with Crippen LogP contribution in [-0.4, -0.2) is 63.9 Å². The quantitative estimate of drug-likeness (QED) is 0.574. The Kier molecular flexibility index (Phi) is 6.13. The fraction of sp³-hybridized carbons (Fsp3) is 0.333. The second kappa shape index (κ2) is 9.52. The zero-order valence-electron chi connectivity index (χ0n) is 18.8. The summed E-state index contributed by atoms with van der Waals surface area (Å²) in [7, 11) is 1.77. The fourth-order valence-corrected chi connectivity index (χ4v) is 3.69. The summed E-state index contributed by atoms with van der Waals surface area (Å²) in [5.41, 5.74) is 0.863. The van der Waals surface area contributed by atoms with E-state index < -0.39 is 0 Å². The first-order valence-electron chi connectivity index (χ1n) is 11.2. The molecule has 2 aliphatic heterocycles. The van der Waals surface area contributed by atoms with Gasteiger partial charge < -0.3 is 24.4 Å². The molecule has 3 aromatic rings. The molecule has 10 heteroatoms. The van der Waals surface area contributed by atoms with Crippen LogP contribution in [0.1, 0.15) is 33.6 Å². The lowest BCUT2D eigenvalue weighted by Gasteiger charge is -2.30. The van der Waals surface area contributed by atoms with Crippen molar-refractivity contribution in [1.82, 2.24) is 19.7 Å². The summed E-state index contributed by atoms with van der Waals surface area (Å²) in [6.45, 7) is 2.69. The molecule has 2 aromatic heterocycles. The van der Waals surface area contributed by atoms with Crippen molar-refractivity contribution in [3.05, 3.63) is 59.9 Å². The molecule has 34 heavy (non-hydrogen) atoms. The highest BCUT2D eigenvalue weighted by molar-refractivity contribution is 6.04. The summed E-state index contributed by atoms with van der Waals surface area (Å²) in [4.78, 5) is 31.3. The number of benzene rings is 1. The van der Waals surface area contributed by atoms with Crippen LogP contribution in [0.2, 0.25) is 0 Å². The number of hydrogen-bond acceptors (Lipinski definition) is 7. The number of likely N-dealkylation sites (tertiary alicyclic amines) is 1. The van der Waals surface area contributed by atoms with Crippen molar-refractivity contribution in [2.75, 3.05) is 31.6 Å². The molecule has 5 rings (SSSR count). The topological polar surface area (TPSA) is 108 Å². The minimum absolute atomic E-state index is 0.0343. The molecule has 0 spiro atoms. The van der Waals surface area contributed by atoms with Gasteiger partial charge in [-0.2, -0.15) is 5.10 Å². The van der Waals surface area contributed by atoms with Crippen LogP contribution in [0.3, 0.4) is 0 Å². The molecule has 1 N–H and O–H groups in total. The summed E-state index contributed by atoms with van der Waals surface area (Å²) in [5.74, 6) is 1.24. The van der Waals surface area contributed by atoms with E-state index in [0.29, 0.717) is 47.5 Å². The average Bonchev–Trinajstić information content (AvgIpc) is 3.44. The van der Waals surface area contributed by atoms with Crippen molar-refractivity contribution in [3.63, 3.8) is 0 Å². The monoisotopic (exact) mass is 463 g/mol. The number of amides is 2. The second-order valence-corrected chi connectivity index (χ2v) is 8.26. The van der Waals surface area contributed by atoms with Crippen LogP contribution in [0.5, 0.6) is 17.4 Å². The molecule has 0 radical (unpaired) electrons. The Hall–Kier alpha value is -3.92. The van der Waals surface area contributed by atoms with Gasteiger partial charge in [0.15, 0.2) is 5.82 Å². The third kappa shape index (κ3) is 5.01. The van der Waals surface area contributed by atoms with Crippen LogP contribution in [0.4, 0.5) is 5.82 Å². The summed E-state index contributed by atoms with van der Waals surface area (Å²) in [6, 6.07) is 10.0. The largest absolute Gasteiger partial charge is 0.488 e. The molecule has 0 unspecified atom stereocenters. The van der Waals surface area contributed by atoms with Crippen LogP contribution in [0, 0.1) is 0 Å². The molecule has 2 saturated heterocycles. The Morgan fingerprint density at radius 1 is 1.12 bits per heavy atom. The Balaban J connectivity index is 1.35. The molecule has 2 amide bonds. The van der Waals surface area contributed by atoms with E-state index in [1.165, 1.54) is 6.20 Å². The smallest absolute Gasteiger partial charge is 0.257 e. The van der Waals surface area contributed by atoms with E-state index in [0.717, 1.165) is 25.9 Å². The maximum atomic E-state index is 12.9. The van der Waals surface area contributed by atoms with Crippen LogP contribution in [0.25, 0.3) is 0 Å². The molecule has 176 valence electrons. The number of aromatic nitrogens is 3. The van der Waals surface area contributed by atoms with Gasteiger partial charge in [-0.25, -0.2) is 4.98 Å². The lowest BCUT2D eigenvalue weighted by molar-refractivity contribution is 0.0651. The average molecular weight is 463 g/mol. The third-order valence-electron chi connectivity index (χ3n) is 5.64. The number of ether oxygens (including phenoxy) is 3. The summed E-state index contributed by atoms with van der Waals surface area (Å²) in [6.07, 6.45) is 4.95. The van der Waals surface area contributed by atoms with Gasteiger partial charge in [-0.3, -0.25) is 14.3 Å². The number of nitrogens with one attached hydrogen (secondary N) is 1. The van der Waals surface area contributed by atoms with Gasteiger partial charge in [0, 0.05) is 62.7 Å². The summed E-state index contributed by atoms with van der Waals surface area (Å²) in [5, 5.41) is 6.95. The van der Waals surface area contributed by atoms with E-state index >= 15 is 0 Å². The molecular weight excluding hydrogens is 438 g/mol. The van der Waals surface area contributed by atoms with Gasteiger partial charge in [0.25, 0.3) is 11.8 Å². The van der Waals surface area contributed by atoms with E-state index in [9.17, 15) is 9.59 Å². The minimum Gasteiger partial charge on any atom is -0.488 e. The summed E-state index contributed by atoms with van der Waals surface area (Å²) < 4.78 is 18.9. The first-order valence-corrected chi connectivity index (χ1v) is 11.2. The molecular formula is C24H25N5O5. The number of carbonyl (C=O) groups is 2. The van der Waals surface area contributed by atoms with Gasteiger partial charge in [-0.15, -0.1) is 0 Å². The van der Waals surface area contributed by atoms with Gasteiger partial charge in [-0.1, -0.05) is 0 Å². The van der Waals surface area contributed by atoms with Gasteiger partial charge in [-0.05, 0) is 24.6 Å². The Morgan fingerprint density at radius 3 is 2.62 bits per heavy atom. The molecule has 1 aromatic carbocycles. The maximum Gasteiger partial charge on any atom is 0.257 e. The van der Waals surface area contributed by atoms with E-state index in [1.807, 2.05) is 0 Å². The van der Waals surface area contributed by atoms with E-state index in [2.05, 4.69) is 15.4 Å². The highest BCUT2D eigenvalue weighted by Crippen LogP contribution is 2.29. The number of aryl methyl sites for hydroxylation is 1. The van der Waals surface area contributed by atoms with E-state index in [-0.39, 0.29) is 17.9 Å². The van der Waals surface area contributed by atoms with Crippen molar-refractivity contribution in [3.8, 4) is 17.4 Å². The van der Waals surface area contributed by atoms with Crippen molar-refractivity contribution < 1.29 is 23.8 Å². The molecule has 1 atom stereocenters. The first-order chi connectivity index (χ1) is 16.5. The van der Waals surface area contributed by atoms with Gasteiger partial charge >= 0.3 is 0 Å². The molecule has 0 bridgehead atoms. The molecule has 10 nitrogen and oxygen atoms in total. The lowest BCUT2D eigenvalue weighted by Crippen LogP contribution is -2.42. The van der Waals surface area contributed by atoms with Gasteiger partial charge in [0.1, 0.15) is 17.6 Å². The highest BCUT2D eigenvalue weighted by atomic mass is 16.5. The molecule has 0 saturated carbocycles. The van der Waals surface area contributed by atoms with Gasteiger partial charge in [0.05, 0.1) is 18.8 Å². The number of hydrogen-bond donors (Lipinski definition) is 1. The molecule has 2 aliphatic rings. The minimum atomic E-state index is -0.347. The predicted molar refractivity (Wildman–Crippen MR) is 122 cm³/mol. The van der Waals surface area contributed by atoms with Gasteiger partial charge in [0.2, 0.25) is 5.88 Å². The predicted octanol–water partition coefficient (Wildman–Crippen LogP) is 2.87. The second-order valence-electron chi connectivity index (χ2n) is 8.26. The number of carbonyl (C=O) groups excluding carboxylic acids is 2. The number of pyridine rings is 1. The molecule has 0 aliphatic carbocycles. The van der Waals surface area contributed by atoms with E-state index in [4.69, 9.17) is 14.2 Å². The van der Waals surface area contributed by atoms with Crippen molar-refractivity contribution in [2.45, 2.75) is 18.9 Å².